The fourth-order valence-corrected chi connectivity index (χ4v) is 4.35. The van der Waals surface area contributed by atoms with Crippen LogP contribution in [0.25, 0.3) is 11.3 Å². The number of carbonyl (C=O) groups excluding carboxylic acids is 3. The lowest BCUT2D eigenvalue weighted by molar-refractivity contribution is -0.186. The van der Waals surface area contributed by atoms with Crippen molar-refractivity contribution in [1.82, 2.24) is 9.97 Å². The van der Waals surface area contributed by atoms with Crippen molar-refractivity contribution in [2.45, 2.75) is 44.5 Å². The van der Waals surface area contributed by atoms with E-state index in [4.69, 9.17) is 18.9 Å². The summed E-state index contributed by atoms with van der Waals surface area (Å²) in [6.45, 7) is 3.73. The van der Waals surface area contributed by atoms with Gasteiger partial charge < -0.3 is 18.9 Å². The van der Waals surface area contributed by atoms with Crippen molar-refractivity contribution >= 4 is 29.7 Å². The molecule has 9 nitrogen and oxygen atoms in total. The topological polar surface area (TPSA) is 114 Å². The number of ether oxygens (including phenoxy) is 4. The van der Waals surface area contributed by atoms with Crippen molar-refractivity contribution in [3.8, 4) is 17.0 Å². The summed E-state index contributed by atoms with van der Waals surface area (Å²) in [6, 6.07) is 7.08. The number of esters is 3. The van der Waals surface area contributed by atoms with E-state index in [0.717, 1.165) is 5.56 Å². The lowest BCUT2D eigenvalue weighted by atomic mass is 10.1. The Balaban J connectivity index is 1.92. The summed E-state index contributed by atoms with van der Waals surface area (Å²) in [4.78, 5) is 43.5. The van der Waals surface area contributed by atoms with Crippen molar-refractivity contribution in [2.75, 3.05) is 5.75 Å². The molecule has 0 radical (unpaired) electrons. The molecule has 10 heteroatoms. The highest BCUT2D eigenvalue weighted by atomic mass is 32.2. The Morgan fingerprint density at radius 2 is 1.61 bits per heavy atom. The third-order valence-electron chi connectivity index (χ3n) is 4.25. The molecule has 1 aliphatic rings. The monoisotopic (exact) mass is 446 g/mol. The number of pyridine rings is 2. The predicted molar refractivity (Wildman–Crippen MR) is 111 cm³/mol. The van der Waals surface area contributed by atoms with Gasteiger partial charge in [-0.2, -0.15) is 0 Å². The molecule has 0 N–H and O–H groups in total. The van der Waals surface area contributed by atoms with Crippen molar-refractivity contribution in [2.24, 2.45) is 0 Å². The van der Waals surface area contributed by atoms with Gasteiger partial charge in [-0.1, -0.05) is 0 Å². The molecule has 0 saturated carbocycles. The zero-order valence-electron chi connectivity index (χ0n) is 17.2. The Hall–Kier alpha value is -3.14. The average Bonchev–Trinajstić information content (AvgIpc) is 2.72. The first-order valence-electron chi connectivity index (χ1n) is 9.50. The number of rotatable bonds is 6. The first-order chi connectivity index (χ1) is 14.8. The maximum Gasteiger partial charge on any atom is 0.303 e. The molecule has 0 amide bonds. The number of aromatic nitrogens is 2. The van der Waals surface area contributed by atoms with Gasteiger partial charge in [0.15, 0.2) is 23.7 Å². The average molecular weight is 446 g/mol. The lowest BCUT2D eigenvalue weighted by Crippen LogP contribution is -2.55. The molecular formula is C21H22N2O7S. The van der Waals surface area contributed by atoms with Gasteiger partial charge in [0, 0.05) is 50.7 Å². The molecule has 3 rings (SSSR count). The van der Waals surface area contributed by atoms with Gasteiger partial charge in [0.25, 0.3) is 0 Å². The number of thioether (sulfide) groups is 1. The van der Waals surface area contributed by atoms with Gasteiger partial charge in [0.05, 0.1) is 0 Å². The van der Waals surface area contributed by atoms with Crippen LogP contribution in [0.3, 0.4) is 0 Å². The van der Waals surface area contributed by atoms with E-state index in [9.17, 15) is 14.4 Å². The number of hydrogen-bond donors (Lipinski definition) is 0. The molecular weight excluding hydrogens is 424 g/mol. The molecule has 3 heterocycles. The molecule has 164 valence electrons. The fourth-order valence-electron chi connectivity index (χ4n) is 3.14. The summed E-state index contributed by atoms with van der Waals surface area (Å²) in [5.74, 6) is -0.990. The van der Waals surface area contributed by atoms with Gasteiger partial charge in [-0.25, -0.2) is 0 Å². The van der Waals surface area contributed by atoms with E-state index < -0.39 is 41.7 Å². The smallest absolute Gasteiger partial charge is 0.303 e. The summed E-state index contributed by atoms with van der Waals surface area (Å²) in [5.41, 5.74) is 0.570. The maximum atomic E-state index is 11.8. The van der Waals surface area contributed by atoms with Crippen LogP contribution in [-0.2, 0) is 28.6 Å². The quantitative estimate of drug-likeness (QED) is 0.484. The highest BCUT2D eigenvalue weighted by Gasteiger charge is 2.47. The third kappa shape index (κ3) is 5.94. The third-order valence-corrected chi connectivity index (χ3v) is 5.47. The highest BCUT2D eigenvalue weighted by molar-refractivity contribution is 7.99. The van der Waals surface area contributed by atoms with Gasteiger partial charge in [-0.15, -0.1) is 11.8 Å². The van der Waals surface area contributed by atoms with E-state index in [2.05, 4.69) is 9.97 Å². The van der Waals surface area contributed by atoms with E-state index in [1.165, 1.54) is 32.5 Å². The first kappa shape index (κ1) is 22.5. The number of hydrogen-bond acceptors (Lipinski definition) is 10. The summed E-state index contributed by atoms with van der Waals surface area (Å²) in [6.07, 6.45) is 2.12. The van der Waals surface area contributed by atoms with Crippen LogP contribution in [0.4, 0.5) is 0 Å². The second-order valence-electron chi connectivity index (χ2n) is 6.71. The number of carbonyl (C=O) groups is 3. The molecule has 0 spiro atoms. The highest BCUT2D eigenvalue weighted by Crippen LogP contribution is 2.36. The molecule has 31 heavy (non-hydrogen) atoms. The molecule has 1 saturated heterocycles. The van der Waals surface area contributed by atoms with E-state index in [0.29, 0.717) is 11.4 Å². The van der Waals surface area contributed by atoms with E-state index in [-0.39, 0.29) is 5.75 Å². The van der Waals surface area contributed by atoms with Crippen LogP contribution >= 0.6 is 11.8 Å². The van der Waals surface area contributed by atoms with Gasteiger partial charge in [-0.05, 0) is 24.3 Å². The van der Waals surface area contributed by atoms with Crippen molar-refractivity contribution in [3.63, 3.8) is 0 Å². The van der Waals surface area contributed by atoms with E-state index >= 15 is 0 Å². The van der Waals surface area contributed by atoms with Crippen LogP contribution in [-0.4, -0.2) is 57.4 Å². The second-order valence-corrected chi connectivity index (χ2v) is 7.84. The molecule has 0 bridgehead atoms. The van der Waals surface area contributed by atoms with E-state index in [1.807, 2.05) is 6.07 Å². The van der Waals surface area contributed by atoms with Crippen LogP contribution in [0.1, 0.15) is 20.8 Å². The minimum atomic E-state index is -1.02. The van der Waals surface area contributed by atoms with Gasteiger partial charge >= 0.3 is 17.9 Å². The van der Waals surface area contributed by atoms with Gasteiger partial charge in [0.2, 0.25) is 0 Å². The first-order valence-corrected chi connectivity index (χ1v) is 10.6. The molecule has 4 atom stereocenters. The summed E-state index contributed by atoms with van der Waals surface area (Å²) in [7, 11) is 0. The van der Waals surface area contributed by atoms with Crippen LogP contribution < -0.4 is 4.74 Å². The standard InChI is InChI=1S/C21H22N2O7S/c1-12(24)27-17-11-31-21(20(29-14(3)26)19(17)28-13(2)25)30-16-7-5-9-23-18(16)15-6-4-8-22-10-15/h4-10,17,19-21H,11H2,1-3H3/t17-,19+,20-,21-/m1/s1. The molecule has 2 aromatic rings. The normalized spacial score (nSPS) is 22.8. The van der Waals surface area contributed by atoms with E-state index in [1.54, 1.807) is 36.8 Å². The minimum Gasteiger partial charge on any atom is -0.473 e. The Kier molecular flexibility index (Phi) is 7.45. The van der Waals surface area contributed by atoms with Crippen LogP contribution in [0.2, 0.25) is 0 Å². The molecule has 0 unspecified atom stereocenters. The van der Waals surface area contributed by atoms with Crippen molar-refractivity contribution in [3.05, 3.63) is 42.9 Å². The SMILES string of the molecule is CC(=O)O[C@@H]1[C@@H](OC(C)=O)[C@H](OC(C)=O)CS[C@H]1Oc1cccnc1-c1cccnc1. The fraction of sp³-hybridized carbons (Fsp3) is 0.381. The van der Waals surface area contributed by atoms with Crippen LogP contribution in [0, 0.1) is 0 Å². The largest absolute Gasteiger partial charge is 0.473 e. The summed E-state index contributed by atoms with van der Waals surface area (Å²) < 4.78 is 22.3. The lowest BCUT2D eigenvalue weighted by Gasteiger charge is -2.40. The second kappa shape index (κ2) is 10.3. The Labute approximate surface area is 183 Å². The molecule has 1 fully saturated rings. The Morgan fingerprint density at radius 1 is 0.935 bits per heavy atom. The van der Waals surface area contributed by atoms with Crippen molar-refractivity contribution < 1.29 is 33.3 Å². The minimum absolute atomic E-state index is 0.280. The molecule has 1 aliphatic heterocycles. The zero-order valence-corrected chi connectivity index (χ0v) is 18.0. The van der Waals surface area contributed by atoms with Gasteiger partial charge in [-0.3, -0.25) is 24.4 Å². The maximum absolute atomic E-state index is 11.8. The molecule has 2 aromatic heterocycles. The Morgan fingerprint density at radius 3 is 2.26 bits per heavy atom. The predicted octanol–water partition coefficient (Wildman–Crippen LogP) is 2.39. The zero-order chi connectivity index (χ0) is 22.4. The molecule has 0 aliphatic carbocycles. The summed E-state index contributed by atoms with van der Waals surface area (Å²) >= 11 is 1.28. The summed E-state index contributed by atoms with van der Waals surface area (Å²) in [5, 5.41) is 0. The number of nitrogens with zero attached hydrogens (tertiary/aromatic N) is 2. The van der Waals surface area contributed by atoms with Gasteiger partial charge in [0.1, 0.15) is 11.4 Å². The van der Waals surface area contributed by atoms with Crippen molar-refractivity contribution in [1.29, 1.82) is 0 Å². The van der Waals surface area contributed by atoms with Crippen LogP contribution in [0.5, 0.6) is 5.75 Å². The van der Waals surface area contributed by atoms with Crippen LogP contribution in [0.15, 0.2) is 42.9 Å². The Bertz CT molecular complexity index is 940. The molecule has 0 aromatic carbocycles.